The number of aliphatic imine (C=N–C) groups is 1. The Morgan fingerprint density at radius 1 is 0.662 bits per heavy atom. The second kappa shape index (κ2) is 24.5. The van der Waals surface area contributed by atoms with Gasteiger partial charge in [-0.2, -0.15) is 26.3 Å². The van der Waals surface area contributed by atoms with Gasteiger partial charge in [0.15, 0.2) is 0 Å². The SMILES string of the molecule is C.CN=C=O.CNC(=O)Cc1cccc(C(=O)c2ncc(Cl)cc2NS(=O)(=O)c2ccc(Cl)c(C(F)(F)F)c2)c1.Nc1cccc(C(=O)c2ncc(Cl)cc2NS(=O)(=O)c2ccc(Cl)c(C(F)(F)F)c2)c1. The summed E-state index contributed by atoms with van der Waals surface area (Å²) in [5, 5.41) is 1.10. The summed E-state index contributed by atoms with van der Waals surface area (Å²) in [5.41, 5.74) is 2.73. The van der Waals surface area contributed by atoms with E-state index in [1.165, 1.54) is 56.6 Å². The van der Waals surface area contributed by atoms with E-state index in [9.17, 15) is 57.6 Å². The average molecular weight is 1110 g/mol. The second-order valence-electron chi connectivity index (χ2n) is 13.7. The smallest absolute Gasteiger partial charge is 0.399 e. The predicted octanol–water partition coefficient (Wildman–Crippen LogP) is 10.3. The van der Waals surface area contributed by atoms with Gasteiger partial charge in [-0.1, -0.05) is 84.2 Å². The molecule has 0 spiro atoms. The Balaban J connectivity index is 0.000000346. The monoisotopic (exact) mass is 1110 g/mol. The minimum absolute atomic E-state index is 0. The van der Waals surface area contributed by atoms with Gasteiger partial charge in [0.2, 0.25) is 23.6 Å². The molecule has 0 radical (unpaired) electrons. The van der Waals surface area contributed by atoms with Crippen LogP contribution in [0.15, 0.2) is 124 Å². The van der Waals surface area contributed by atoms with E-state index in [0.717, 1.165) is 48.8 Å². The highest BCUT2D eigenvalue weighted by Crippen LogP contribution is 2.38. The molecule has 1 amide bonds. The number of carbonyl (C=O) groups is 3. The first-order chi connectivity index (χ1) is 32.6. The summed E-state index contributed by atoms with van der Waals surface area (Å²) >= 11 is 22.9. The first-order valence-corrected chi connectivity index (χ1v) is 23.4. The Kier molecular flexibility index (Phi) is 20.3. The van der Waals surface area contributed by atoms with Crippen LogP contribution in [0.4, 0.5) is 43.4 Å². The van der Waals surface area contributed by atoms with Crippen molar-refractivity contribution in [3.05, 3.63) is 169 Å². The Morgan fingerprint density at radius 2 is 1.07 bits per heavy atom. The first kappa shape index (κ1) is 58.7. The maximum Gasteiger partial charge on any atom is 0.417 e. The molecule has 6 rings (SSSR count). The van der Waals surface area contributed by atoms with Crippen LogP contribution in [-0.4, -0.2) is 64.5 Å². The van der Waals surface area contributed by atoms with Crippen LogP contribution in [0, 0.1) is 0 Å². The van der Waals surface area contributed by atoms with Crippen molar-refractivity contribution in [1.82, 2.24) is 15.3 Å². The van der Waals surface area contributed by atoms with Crippen LogP contribution >= 0.6 is 46.4 Å². The van der Waals surface area contributed by atoms with E-state index in [2.05, 4.69) is 29.7 Å². The van der Waals surface area contributed by atoms with Crippen LogP contribution in [0.2, 0.25) is 20.1 Å². The second-order valence-corrected chi connectivity index (χ2v) is 18.8. The topological polar surface area (TPSA) is 237 Å². The molecule has 0 unspecified atom stereocenters. The van der Waals surface area contributed by atoms with E-state index < -0.39 is 74.9 Å². The van der Waals surface area contributed by atoms with E-state index in [4.69, 9.17) is 56.9 Å². The number of nitrogens with two attached hydrogens (primary N) is 1. The van der Waals surface area contributed by atoms with Gasteiger partial charge < -0.3 is 11.1 Å². The molecule has 2 aromatic heterocycles. The largest absolute Gasteiger partial charge is 0.417 e. The summed E-state index contributed by atoms with van der Waals surface area (Å²) in [6.07, 6.45) is -6.20. The molecule has 0 saturated heterocycles. The molecule has 0 saturated carbocycles. The lowest BCUT2D eigenvalue weighted by Crippen LogP contribution is -2.20. The fraction of sp³-hybridized carbons (Fsp3) is 0.136. The normalized spacial score (nSPS) is 11.2. The van der Waals surface area contributed by atoms with E-state index in [-0.39, 0.29) is 63.7 Å². The number of carbonyl (C=O) groups excluding carboxylic acids is 4. The third-order valence-electron chi connectivity index (χ3n) is 8.81. The summed E-state index contributed by atoms with van der Waals surface area (Å²) in [6, 6.07) is 18.3. The van der Waals surface area contributed by atoms with E-state index >= 15 is 0 Å². The van der Waals surface area contributed by atoms with Crippen molar-refractivity contribution in [1.29, 1.82) is 0 Å². The van der Waals surface area contributed by atoms with E-state index in [1.54, 1.807) is 12.1 Å². The van der Waals surface area contributed by atoms with Crippen LogP contribution < -0.4 is 20.5 Å². The number of likely N-dealkylation sites (N-methyl/N-ethyl adjacent to an activating group) is 1. The summed E-state index contributed by atoms with van der Waals surface area (Å²) in [4.78, 5) is 55.8. The number of hydrogen-bond donors (Lipinski definition) is 4. The molecule has 0 fully saturated rings. The lowest BCUT2D eigenvalue weighted by molar-refractivity contribution is -0.138. The van der Waals surface area contributed by atoms with Gasteiger partial charge in [-0.3, -0.25) is 23.8 Å². The summed E-state index contributed by atoms with van der Waals surface area (Å²) in [5.74, 6) is -1.66. The van der Waals surface area contributed by atoms with Crippen molar-refractivity contribution >= 4 is 107 Å². The third-order valence-corrected chi connectivity index (χ3v) is 12.6. The number of hydrogen-bond acceptors (Lipinski definition) is 12. The van der Waals surface area contributed by atoms with Gasteiger partial charge in [0, 0.05) is 43.3 Å². The van der Waals surface area contributed by atoms with Gasteiger partial charge in [0.25, 0.3) is 20.0 Å². The number of nitrogen functional groups attached to an aromatic ring is 1. The number of alkyl halides is 6. The van der Waals surface area contributed by atoms with Crippen molar-refractivity contribution in [2.45, 2.75) is 36.0 Å². The maximum atomic E-state index is 13.2. The number of aromatic nitrogens is 2. The van der Waals surface area contributed by atoms with Crippen molar-refractivity contribution in [2.24, 2.45) is 4.99 Å². The number of amides is 1. The lowest BCUT2D eigenvalue weighted by Gasteiger charge is -2.14. The minimum atomic E-state index is -4.89. The lowest BCUT2D eigenvalue weighted by atomic mass is 10.0. The van der Waals surface area contributed by atoms with Gasteiger partial charge in [0.05, 0.1) is 58.8 Å². The highest BCUT2D eigenvalue weighted by Gasteiger charge is 2.36. The van der Waals surface area contributed by atoms with Gasteiger partial charge in [0.1, 0.15) is 11.4 Å². The Hall–Kier alpha value is -6.59. The fourth-order valence-corrected chi connectivity index (χ4v) is 8.56. The summed E-state index contributed by atoms with van der Waals surface area (Å²) in [6.45, 7) is 0. The molecule has 0 bridgehead atoms. The molecule has 2 heterocycles. The molecule has 6 aromatic rings. The Labute approximate surface area is 421 Å². The third kappa shape index (κ3) is 16.0. The molecule has 0 aliphatic heterocycles. The minimum Gasteiger partial charge on any atom is -0.399 e. The van der Waals surface area contributed by atoms with E-state index in [1.807, 2.05) is 0 Å². The zero-order valence-electron chi connectivity index (χ0n) is 35.4. The maximum absolute atomic E-state index is 13.2. The average Bonchev–Trinajstić information content (AvgIpc) is 3.28. The number of isocyanates is 1. The molecule has 5 N–H and O–H groups in total. The zero-order valence-corrected chi connectivity index (χ0v) is 40.0. The molecule has 0 aliphatic carbocycles. The highest BCUT2D eigenvalue weighted by atomic mass is 35.5. The van der Waals surface area contributed by atoms with Crippen LogP contribution in [0.1, 0.15) is 56.2 Å². The van der Waals surface area contributed by atoms with Crippen molar-refractivity contribution in [3.63, 3.8) is 0 Å². The number of halogens is 10. The summed E-state index contributed by atoms with van der Waals surface area (Å²) in [7, 11) is -6.32. The number of anilines is 3. The molecule has 0 atom stereocenters. The van der Waals surface area contributed by atoms with Crippen molar-refractivity contribution in [3.8, 4) is 0 Å². The van der Waals surface area contributed by atoms with Crippen molar-refractivity contribution < 1.29 is 62.4 Å². The van der Waals surface area contributed by atoms with Crippen LogP contribution in [-0.2, 0) is 48.4 Å². The number of nitrogens with one attached hydrogen (secondary N) is 3. The number of rotatable bonds is 12. The molecule has 4 aromatic carbocycles. The molecular weight excluding hydrogens is 1070 g/mol. The fourth-order valence-electron chi connectivity index (χ4n) is 5.63. The van der Waals surface area contributed by atoms with Gasteiger partial charge in [-0.15, -0.1) is 0 Å². The number of nitrogens with zero attached hydrogens (tertiary/aromatic N) is 3. The van der Waals surface area contributed by atoms with Gasteiger partial charge >= 0.3 is 12.4 Å². The Bertz CT molecular complexity index is 3250. The van der Waals surface area contributed by atoms with Crippen LogP contribution in [0.5, 0.6) is 0 Å². The molecule has 27 heteroatoms. The standard InChI is InChI=1S/C22H16Cl2F3N3O4S.C19H12Cl2F3N3O3S.C2H3NO.CH4/c1-28-19(31)8-12-3-2-4-13(7-12)21(32)20-18(9-14(23)11-29-20)30-35(33,34)15-5-6-17(24)16(10-15)22(25,26)27;20-11-7-16(17(26-9-11)18(28)10-2-1-3-12(25)6-10)27-31(29,30)13-4-5-15(21)14(8-13)19(22,23)24;1-3-2-4;/h2-7,9-11,30H,8H2,1H3,(H,28,31);1-9,27H,25H2;1H3;1H4. The number of sulfonamides is 2. The van der Waals surface area contributed by atoms with Crippen molar-refractivity contribution in [2.75, 3.05) is 29.3 Å². The van der Waals surface area contributed by atoms with Crippen LogP contribution in [0.3, 0.4) is 0 Å². The quantitative estimate of drug-likeness (QED) is 0.0296. The molecular formula is C44H35Cl4F6N7O8S2. The Morgan fingerprint density at radius 3 is 1.45 bits per heavy atom. The first-order valence-electron chi connectivity index (χ1n) is 18.9. The van der Waals surface area contributed by atoms with E-state index in [0.29, 0.717) is 23.4 Å². The number of pyridine rings is 2. The molecule has 71 heavy (non-hydrogen) atoms. The number of benzene rings is 4. The predicted molar refractivity (Wildman–Crippen MR) is 256 cm³/mol. The highest BCUT2D eigenvalue weighted by molar-refractivity contribution is 7.93. The van der Waals surface area contributed by atoms with Gasteiger partial charge in [-0.25, -0.2) is 36.6 Å². The molecule has 376 valence electrons. The zero-order chi connectivity index (χ0) is 52.4. The summed E-state index contributed by atoms with van der Waals surface area (Å²) < 4.78 is 134. The molecule has 0 aliphatic rings. The number of ketones is 2. The van der Waals surface area contributed by atoms with Gasteiger partial charge in [-0.05, 0) is 72.3 Å². The van der Waals surface area contributed by atoms with Crippen LogP contribution in [0.25, 0.3) is 0 Å². The molecule has 15 nitrogen and oxygen atoms in total.